The van der Waals surface area contributed by atoms with Crippen molar-refractivity contribution < 1.29 is 27.2 Å². The first-order valence-corrected chi connectivity index (χ1v) is 11.7. The molecule has 2 aromatic heterocycles. The molecular formula is C24H20F4N6O2S. The number of urea groups is 1. The first-order chi connectivity index (χ1) is 17.6. The van der Waals surface area contributed by atoms with Gasteiger partial charge < -0.3 is 21.7 Å². The molecule has 13 heteroatoms. The first kappa shape index (κ1) is 25.8. The number of halogens is 4. The molecule has 0 atom stereocenters. The molecule has 0 unspecified atom stereocenters. The van der Waals surface area contributed by atoms with Crippen molar-refractivity contribution in [3.05, 3.63) is 65.0 Å². The molecule has 0 aliphatic heterocycles. The van der Waals surface area contributed by atoms with Crippen LogP contribution in [0.2, 0.25) is 0 Å². The molecule has 8 nitrogen and oxygen atoms in total. The van der Waals surface area contributed by atoms with Crippen molar-refractivity contribution in [1.82, 2.24) is 15.3 Å². The Bertz CT molecular complexity index is 1470. The summed E-state index contributed by atoms with van der Waals surface area (Å²) >= 11 is 1.40. The number of thiophene rings is 1. The minimum Gasteiger partial charge on any atom is -0.383 e. The van der Waals surface area contributed by atoms with Gasteiger partial charge in [0.2, 0.25) is 5.91 Å². The molecule has 0 aliphatic carbocycles. The van der Waals surface area contributed by atoms with E-state index in [0.29, 0.717) is 40.5 Å². The molecule has 3 amide bonds. The molecule has 0 saturated carbocycles. The molecular weight excluding hydrogens is 512 g/mol. The standard InChI is InChI=1S/C24H20F4N6O2S/c1-30-18(35)9-8-17-19(20-21(29)31-11-32-22(20)37-17)12-2-5-14(6-3-12)33-23(36)34-16-10-13(24(26,27)28)4-7-15(16)25/h2-7,10-11H,8-9H2,1H3,(H,30,35)(H2,29,31,32)(H2,33,34,36). The highest BCUT2D eigenvalue weighted by atomic mass is 32.1. The topological polar surface area (TPSA) is 122 Å². The summed E-state index contributed by atoms with van der Waals surface area (Å²) in [6.07, 6.45) is -2.62. The molecule has 4 aromatic rings. The van der Waals surface area contributed by atoms with E-state index < -0.39 is 29.3 Å². The Balaban J connectivity index is 1.56. The van der Waals surface area contributed by atoms with Gasteiger partial charge in [0, 0.05) is 29.6 Å². The van der Waals surface area contributed by atoms with Crippen molar-refractivity contribution in [3.63, 3.8) is 0 Å². The van der Waals surface area contributed by atoms with Crippen LogP contribution in [0.1, 0.15) is 16.9 Å². The molecule has 4 rings (SSSR count). The fourth-order valence-corrected chi connectivity index (χ4v) is 4.81. The van der Waals surface area contributed by atoms with Crippen LogP contribution < -0.4 is 21.7 Å². The fraction of sp³-hybridized carbons (Fsp3) is 0.167. The van der Waals surface area contributed by atoms with Gasteiger partial charge in [-0.05, 0) is 42.3 Å². The van der Waals surface area contributed by atoms with Crippen molar-refractivity contribution >= 4 is 50.7 Å². The number of aryl methyl sites for hydroxylation is 1. The van der Waals surface area contributed by atoms with Crippen LogP contribution in [-0.2, 0) is 17.4 Å². The summed E-state index contributed by atoms with van der Waals surface area (Å²) in [5.74, 6) is -0.843. The SMILES string of the molecule is CNC(=O)CCc1sc2ncnc(N)c2c1-c1ccc(NC(=O)Nc2cc(C(F)(F)F)ccc2F)cc1. The number of rotatable bonds is 6. The maximum atomic E-state index is 13.9. The summed E-state index contributed by atoms with van der Waals surface area (Å²) < 4.78 is 52.7. The minimum absolute atomic E-state index is 0.120. The van der Waals surface area contributed by atoms with E-state index in [1.807, 2.05) is 0 Å². The molecule has 0 saturated heterocycles. The number of nitrogen functional groups attached to an aromatic ring is 1. The van der Waals surface area contributed by atoms with E-state index in [1.165, 1.54) is 17.7 Å². The zero-order valence-corrected chi connectivity index (χ0v) is 20.1. The second-order valence-electron chi connectivity index (χ2n) is 7.86. The largest absolute Gasteiger partial charge is 0.416 e. The number of aromatic nitrogens is 2. The highest BCUT2D eigenvalue weighted by molar-refractivity contribution is 7.19. The van der Waals surface area contributed by atoms with Crippen molar-refractivity contribution in [2.45, 2.75) is 19.0 Å². The third-order valence-corrected chi connectivity index (χ3v) is 6.58. The Morgan fingerprint density at radius 3 is 2.46 bits per heavy atom. The third-order valence-electron chi connectivity index (χ3n) is 5.42. The van der Waals surface area contributed by atoms with E-state index >= 15 is 0 Å². The van der Waals surface area contributed by atoms with E-state index in [0.717, 1.165) is 16.0 Å². The molecule has 2 heterocycles. The Kier molecular flexibility index (Phi) is 7.25. The molecule has 0 radical (unpaired) electrons. The zero-order valence-electron chi connectivity index (χ0n) is 19.2. The maximum Gasteiger partial charge on any atom is 0.416 e. The van der Waals surface area contributed by atoms with Gasteiger partial charge in [-0.2, -0.15) is 13.2 Å². The minimum atomic E-state index is -4.68. The third kappa shape index (κ3) is 5.77. The fourth-order valence-electron chi connectivity index (χ4n) is 3.64. The normalized spacial score (nSPS) is 11.4. The van der Waals surface area contributed by atoms with Crippen LogP contribution in [0.4, 0.5) is 39.5 Å². The van der Waals surface area contributed by atoms with Crippen LogP contribution in [-0.4, -0.2) is 29.0 Å². The Morgan fingerprint density at radius 1 is 1.05 bits per heavy atom. The van der Waals surface area contributed by atoms with Crippen LogP contribution in [0, 0.1) is 5.82 Å². The predicted molar refractivity (Wildman–Crippen MR) is 134 cm³/mol. The van der Waals surface area contributed by atoms with E-state index in [-0.39, 0.29) is 18.1 Å². The quantitative estimate of drug-likeness (QED) is 0.247. The predicted octanol–water partition coefficient (Wildman–Crippen LogP) is 5.42. The van der Waals surface area contributed by atoms with Crippen LogP contribution in [0.5, 0.6) is 0 Å². The summed E-state index contributed by atoms with van der Waals surface area (Å²) in [7, 11) is 1.56. The van der Waals surface area contributed by atoms with Crippen molar-refractivity contribution in [3.8, 4) is 11.1 Å². The van der Waals surface area contributed by atoms with E-state index in [2.05, 4.69) is 25.9 Å². The number of nitrogens with one attached hydrogen (secondary N) is 3. The lowest BCUT2D eigenvalue weighted by Gasteiger charge is -2.12. The number of benzene rings is 2. The molecule has 5 N–H and O–H groups in total. The zero-order chi connectivity index (χ0) is 26.7. The first-order valence-electron chi connectivity index (χ1n) is 10.8. The monoisotopic (exact) mass is 532 g/mol. The van der Waals surface area contributed by atoms with Crippen molar-refractivity contribution in [2.24, 2.45) is 0 Å². The van der Waals surface area contributed by atoms with E-state index in [4.69, 9.17) is 5.73 Å². The number of nitrogens with zero attached hydrogens (tertiary/aromatic N) is 2. The van der Waals surface area contributed by atoms with Gasteiger partial charge in [0.25, 0.3) is 0 Å². The van der Waals surface area contributed by atoms with Gasteiger partial charge >= 0.3 is 12.2 Å². The summed E-state index contributed by atoms with van der Waals surface area (Å²) in [5, 5.41) is 7.79. The molecule has 192 valence electrons. The number of nitrogens with two attached hydrogens (primary N) is 1. The van der Waals surface area contributed by atoms with Gasteiger partial charge in [-0.1, -0.05) is 12.1 Å². The Labute approximate surface area is 211 Å². The molecule has 0 spiro atoms. The van der Waals surface area contributed by atoms with E-state index in [1.54, 1.807) is 31.3 Å². The van der Waals surface area contributed by atoms with Crippen LogP contribution in [0.15, 0.2) is 48.8 Å². The highest BCUT2D eigenvalue weighted by Crippen LogP contribution is 2.41. The number of carbonyl (C=O) groups excluding carboxylic acids is 2. The number of hydrogen-bond donors (Lipinski definition) is 4. The van der Waals surface area contributed by atoms with Gasteiger partial charge in [-0.3, -0.25) is 4.79 Å². The number of hydrogen-bond acceptors (Lipinski definition) is 6. The van der Waals surface area contributed by atoms with Crippen molar-refractivity contribution in [2.75, 3.05) is 23.4 Å². The van der Waals surface area contributed by atoms with Gasteiger partial charge in [-0.25, -0.2) is 19.2 Å². The lowest BCUT2D eigenvalue weighted by Crippen LogP contribution is -2.20. The van der Waals surface area contributed by atoms with Gasteiger partial charge in [0.1, 0.15) is 22.8 Å². The summed E-state index contributed by atoms with van der Waals surface area (Å²) in [6, 6.07) is 7.38. The van der Waals surface area contributed by atoms with Crippen LogP contribution >= 0.6 is 11.3 Å². The highest BCUT2D eigenvalue weighted by Gasteiger charge is 2.31. The summed E-state index contributed by atoms with van der Waals surface area (Å²) in [6.45, 7) is 0. The molecule has 0 bridgehead atoms. The van der Waals surface area contributed by atoms with E-state index in [9.17, 15) is 27.2 Å². The van der Waals surface area contributed by atoms with Crippen LogP contribution in [0.3, 0.4) is 0 Å². The number of carbonyl (C=O) groups is 2. The van der Waals surface area contributed by atoms with Crippen LogP contribution in [0.25, 0.3) is 21.3 Å². The number of anilines is 3. The lowest BCUT2D eigenvalue weighted by atomic mass is 10.0. The second-order valence-corrected chi connectivity index (χ2v) is 8.94. The molecule has 0 aliphatic rings. The smallest absolute Gasteiger partial charge is 0.383 e. The molecule has 2 aromatic carbocycles. The summed E-state index contributed by atoms with van der Waals surface area (Å²) in [4.78, 5) is 34.0. The lowest BCUT2D eigenvalue weighted by molar-refractivity contribution is -0.137. The maximum absolute atomic E-state index is 13.9. The Morgan fingerprint density at radius 2 is 1.78 bits per heavy atom. The average molecular weight is 533 g/mol. The molecule has 0 fully saturated rings. The number of alkyl halides is 3. The summed E-state index contributed by atoms with van der Waals surface area (Å²) in [5.41, 5.74) is 6.23. The van der Waals surface area contributed by atoms with Gasteiger partial charge in [0.15, 0.2) is 0 Å². The van der Waals surface area contributed by atoms with Gasteiger partial charge in [-0.15, -0.1) is 11.3 Å². The Hall–Kier alpha value is -4.26. The van der Waals surface area contributed by atoms with Crippen molar-refractivity contribution in [1.29, 1.82) is 0 Å². The number of fused-ring (bicyclic) bond motifs is 1. The second kappa shape index (κ2) is 10.4. The molecule has 37 heavy (non-hydrogen) atoms. The number of amides is 3. The average Bonchev–Trinajstić information content (AvgIpc) is 3.23. The van der Waals surface area contributed by atoms with Gasteiger partial charge in [0.05, 0.1) is 16.6 Å².